The van der Waals surface area contributed by atoms with E-state index in [1.807, 2.05) is 7.05 Å². The minimum absolute atomic E-state index is 0.503. The zero-order valence-electron chi connectivity index (χ0n) is 10.5. The maximum Gasteiger partial charge on any atom is 0.0273 e. The van der Waals surface area contributed by atoms with Crippen molar-refractivity contribution < 1.29 is 0 Å². The molecule has 0 amide bonds. The zero-order valence-corrected chi connectivity index (χ0v) is 10.5. The van der Waals surface area contributed by atoms with Crippen molar-refractivity contribution >= 4 is 6.21 Å². The predicted octanol–water partition coefficient (Wildman–Crippen LogP) is 4.46. The molecule has 1 nitrogen and oxygen atoms in total. The van der Waals surface area contributed by atoms with E-state index in [4.69, 9.17) is 0 Å². The Morgan fingerprint density at radius 1 is 1.07 bits per heavy atom. The van der Waals surface area contributed by atoms with Gasteiger partial charge in [-0.25, -0.2) is 0 Å². The highest BCUT2D eigenvalue weighted by atomic mass is 14.6. The molecule has 0 N–H and O–H groups in total. The van der Waals surface area contributed by atoms with Crippen molar-refractivity contribution in [3.8, 4) is 0 Å². The van der Waals surface area contributed by atoms with Crippen LogP contribution in [0.2, 0.25) is 0 Å². The Hall–Kier alpha value is -0.330. The topological polar surface area (TPSA) is 12.4 Å². The number of unbranched alkanes of at least 4 members (excludes halogenated alkanes) is 2. The van der Waals surface area contributed by atoms with Gasteiger partial charge in [0.1, 0.15) is 0 Å². The summed E-state index contributed by atoms with van der Waals surface area (Å²) in [5.74, 6) is 0. The van der Waals surface area contributed by atoms with Crippen molar-refractivity contribution in [1.29, 1.82) is 0 Å². The molecule has 0 aliphatic heterocycles. The van der Waals surface area contributed by atoms with Crippen LogP contribution in [0.3, 0.4) is 0 Å². The number of nitrogens with zero attached hydrogens (tertiary/aromatic N) is 1. The summed E-state index contributed by atoms with van der Waals surface area (Å²) >= 11 is 0. The number of hydrogen-bond acceptors (Lipinski definition) is 1. The molecule has 0 saturated heterocycles. The molecule has 84 valence electrons. The highest BCUT2D eigenvalue weighted by Gasteiger charge is 2.21. The first kappa shape index (κ1) is 13.7. The largest absolute Gasteiger partial charge is 0.301 e. The number of aliphatic imine (C=N–C) groups is 1. The fraction of sp³-hybridized carbons (Fsp3) is 0.923. The van der Waals surface area contributed by atoms with Crippen LogP contribution in [-0.2, 0) is 0 Å². The summed E-state index contributed by atoms with van der Waals surface area (Å²) < 4.78 is 0. The quantitative estimate of drug-likeness (QED) is 0.402. The van der Waals surface area contributed by atoms with E-state index in [9.17, 15) is 0 Å². The van der Waals surface area contributed by atoms with E-state index < -0.39 is 0 Å². The summed E-state index contributed by atoms with van der Waals surface area (Å²) in [4.78, 5) is 4.11. The van der Waals surface area contributed by atoms with Gasteiger partial charge in [-0.15, -0.1) is 0 Å². The normalized spacial score (nSPS) is 16.0. The van der Waals surface area contributed by atoms with Crippen LogP contribution in [0.1, 0.15) is 65.7 Å². The van der Waals surface area contributed by atoms with Crippen LogP contribution in [0.4, 0.5) is 0 Å². The minimum atomic E-state index is 0.503. The highest BCUT2D eigenvalue weighted by molar-refractivity contribution is 5.57. The Labute approximate surface area is 90.0 Å². The summed E-state index contributed by atoms with van der Waals surface area (Å²) in [6.45, 7) is 6.96. The molecule has 0 spiro atoms. The van der Waals surface area contributed by atoms with Gasteiger partial charge in [0.25, 0.3) is 0 Å². The molecule has 0 fully saturated rings. The van der Waals surface area contributed by atoms with E-state index in [-0.39, 0.29) is 0 Å². The number of rotatable bonds is 8. The molecule has 1 heteroatoms. The van der Waals surface area contributed by atoms with Gasteiger partial charge in [-0.1, -0.05) is 46.5 Å². The second-order valence-electron chi connectivity index (χ2n) is 4.66. The fourth-order valence-corrected chi connectivity index (χ4v) is 2.05. The third kappa shape index (κ3) is 6.17. The van der Waals surface area contributed by atoms with Gasteiger partial charge in [0.05, 0.1) is 0 Å². The Morgan fingerprint density at radius 2 is 1.79 bits per heavy atom. The first-order valence-electron chi connectivity index (χ1n) is 6.09. The zero-order chi connectivity index (χ0) is 10.9. The lowest BCUT2D eigenvalue weighted by molar-refractivity contribution is 0.272. The van der Waals surface area contributed by atoms with Gasteiger partial charge < -0.3 is 4.99 Å². The third-order valence-corrected chi connectivity index (χ3v) is 3.00. The van der Waals surface area contributed by atoms with E-state index >= 15 is 0 Å². The fourth-order valence-electron chi connectivity index (χ4n) is 2.05. The molecular weight excluding hydrogens is 170 g/mol. The van der Waals surface area contributed by atoms with Gasteiger partial charge in [0.15, 0.2) is 0 Å². The first-order chi connectivity index (χ1) is 6.68. The molecule has 0 aliphatic rings. The van der Waals surface area contributed by atoms with Crippen LogP contribution in [0, 0.1) is 5.41 Å². The van der Waals surface area contributed by atoms with Crippen LogP contribution in [0.25, 0.3) is 0 Å². The Morgan fingerprint density at radius 3 is 2.29 bits per heavy atom. The third-order valence-electron chi connectivity index (χ3n) is 3.00. The molecule has 0 bridgehead atoms. The summed E-state index contributed by atoms with van der Waals surface area (Å²) in [7, 11) is 1.87. The van der Waals surface area contributed by atoms with Crippen LogP contribution in [-0.4, -0.2) is 13.3 Å². The molecule has 0 aromatic rings. The molecule has 0 aromatic carbocycles. The van der Waals surface area contributed by atoms with Gasteiger partial charge in [-0.3, -0.25) is 0 Å². The summed E-state index contributed by atoms with van der Waals surface area (Å²) in [6, 6.07) is 0. The van der Waals surface area contributed by atoms with Crippen molar-refractivity contribution in [2.75, 3.05) is 7.05 Å². The van der Waals surface area contributed by atoms with Gasteiger partial charge in [-0.2, -0.15) is 0 Å². The van der Waals surface area contributed by atoms with Crippen molar-refractivity contribution in [2.24, 2.45) is 10.4 Å². The molecule has 14 heavy (non-hydrogen) atoms. The Kier molecular flexibility index (Phi) is 7.83. The van der Waals surface area contributed by atoms with Crippen molar-refractivity contribution in [3.63, 3.8) is 0 Å². The van der Waals surface area contributed by atoms with E-state index in [1.54, 1.807) is 0 Å². The molecular formula is C13H27N. The molecule has 1 unspecified atom stereocenters. The summed E-state index contributed by atoms with van der Waals surface area (Å²) in [5, 5.41) is 0. The first-order valence-corrected chi connectivity index (χ1v) is 6.09. The Bertz CT molecular complexity index is 151. The second kappa shape index (κ2) is 8.02. The lowest BCUT2D eigenvalue weighted by atomic mass is 9.78. The van der Waals surface area contributed by atoms with E-state index in [1.165, 1.54) is 38.5 Å². The average molecular weight is 197 g/mol. The summed E-state index contributed by atoms with van der Waals surface area (Å²) in [5.41, 5.74) is 0.503. The standard InChI is InChI=1S/C13H27N/c1-5-7-8-10-13(3,9-6-2)11-12-14-4/h12H,5-11H2,1-4H3. The second-order valence-corrected chi connectivity index (χ2v) is 4.66. The average Bonchev–Trinajstić information content (AvgIpc) is 2.16. The molecule has 0 radical (unpaired) electrons. The maximum absolute atomic E-state index is 4.11. The molecule has 0 aromatic heterocycles. The lowest BCUT2D eigenvalue weighted by Crippen LogP contribution is -2.16. The van der Waals surface area contributed by atoms with Crippen molar-refractivity contribution in [1.82, 2.24) is 0 Å². The van der Waals surface area contributed by atoms with Crippen LogP contribution in [0.15, 0.2) is 4.99 Å². The molecule has 0 heterocycles. The van der Waals surface area contributed by atoms with Gasteiger partial charge >= 0.3 is 0 Å². The van der Waals surface area contributed by atoms with Crippen molar-refractivity contribution in [2.45, 2.75) is 65.7 Å². The SMILES string of the molecule is CCCCCC(C)(CC=NC)CCC. The smallest absolute Gasteiger partial charge is 0.0273 e. The van der Waals surface area contributed by atoms with Gasteiger partial charge in [0.2, 0.25) is 0 Å². The summed E-state index contributed by atoms with van der Waals surface area (Å²) in [6.07, 6.45) is 11.3. The van der Waals surface area contributed by atoms with Gasteiger partial charge in [-0.05, 0) is 30.9 Å². The number of hydrogen-bond donors (Lipinski definition) is 0. The molecule has 0 aliphatic carbocycles. The molecule has 1 atom stereocenters. The van der Waals surface area contributed by atoms with E-state index in [2.05, 4.69) is 32.0 Å². The highest BCUT2D eigenvalue weighted by Crippen LogP contribution is 2.32. The molecule has 0 rings (SSSR count). The van der Waals surface area contributed by atoms with Crippen LogP contribution >= 0.6 is 0 Å². The minimum Gasteiger partial charge on any atom is -0.301 e. The Balaban J connectivity index is 3.95. The monoisotopic (exact) mass is 197 g/mol. The van der Waals surface area contributed by atoms with Crippen LogP contribution < -0.4 is 0 Å². The van der Waals surface area contributed by atoms with E-state index in [0.29, 0.717) is 5.41 Å². The lowest BCUT2D eigenvalue weighted by Gasteiger charge is -2.27. The molecule has 0 saturated carbocycles. The predicted molar refractivity (Wildman–Crippen MR) is 66.2 cm³/mol. The van der Waals surface area contributed by atoms with Gasteiger partial charge in [0, 0.05) is 7.05 Å². The maximum atomic E-state index is 4.11. The van der Waals surface area contributed by atoms with Crippen LogP contribution in [0.5, 0.6) is 0 Å². The van der Waals surface area contributed by atoms with E-state index in [0.717, 1.165) is 6.42 Å². The van der Waals surface area contributed by atoms with Crippen molar-refractivity contribution in [3.05, 3.63) is 0 Å².